The summed E-state index contributed by atoms with van der Waals surface area (Å²) < 4.78 is 5.72. The molecular formula is C15H20N2O2. The van der Waals surface area contributed by atoms with E-state index in [1.807, 2.05) is 37.3 Å². The number of carbonyl (C=O) groups is 1. The molecule has 2 rings (SSSR count). The van der Waals surface area contributed by atoms with Crippen LogP contribution in [0.4, 0.5) is 0 Å². The zero-order valence-electron chi connectivity index (χ0n) is 11.2. The number of hydrogen-bond acceptors (Lipinski definition) is 3. The van der Waals surface area contributed by atoms with Crippen LogP contribution in [0.3, 0.4) is 0 Å². The van der Waals surface area contributed by atoms with Gasteiger partial charge in [-0.15, -0.1) is 0 Å². The quantitative estimate of drug-likeness (QED) is 0.785. The van der Waals surface area contributed by atoms with E-state index >= 15 is 0 Å². The second-order valence-corrected chi connectivity index (χ2v) is 4.72. The predicted octanol–water partition coefficient (Wildman–Crippen LogP) is 2.74. The van der Waals surface area contributed by atoms with E-state index in [0.29, 0.717) is 13.0 Å². The van der Waals surface area contributed by atoms with Crippen LogP contribution in [0, 0.1) is 0 Å². The van der Waals surface area contributed by atoms with Crippen LogP contribution in [0.2, 0.25) is 0 Å². The van der Waals surface area contributed by atoms with Crippen molar-refractivity contribution in [1.29, 1.82) is 0 Å². The van der Waals surface area contributed by atoms with E-state index in [1.165, 1.54) is 0 Å². The SMILES string of the molecule is CC(NC(=O)CCCCN)c1cc2ccccc2o1. The van der Waals surface area contributed by atoms with Crippen molar-refractivity contribution < 1.29 is 9.21 Å². The molecule has 1 atom stereocenters. The number of fused-ring (bicyclic) bond motifs is 1. The molecule has 1 unspecified atom stereocenters. The number of nitrogens with one attached hydrogen (secondary N) is 1. The molecule has 0 bridgehead atoms. The number of unbranched alkanes of at least 4 members (excludes halogenated alkanes) is 1. The van der Waals surface area contributed by atoms with Crippen LogP contribution in [0.15, 0.2) is 34.7 Å². The Morgan fingerprint density at radius 3 is 2.89 bits per heavy atom. The van der Waals surface area contributed by atoms with Gasteiger partial charge in [0.15, 0.2) is 0 Å². The van der Waals surface area contributed by atoms with Crippen molar-refractivity contribution >= 4 is 16.9 Å². The lowest BCUT2D eigenvalue weighted by molar-refractivity contribution is -0.121. The van der Waals surface area contributed by atoms with Crippen molar-refractivity contribution in [1.82, 2.24) is 5.32 Å². The van der Waals surface area contributed by atoms with Crippen LogP contribution in [-0.2, 0) is 4.79 Å². The molecule has 0 spiro atoms. The minimum Gasteiger partial charge on any atom is -0.459 e. The molecule has 0 fully saturated rings. The van der Waals surface area contributed by atoms with E-state index in [2.05, 4.69) is 5.32 Å². The summed E-state index contributed by atoms with van der Waals surface area (Å²) in [6, 6.07) is 9.69. The summed E-state index contributed by atoms with van der Waals surface area (Å²) in [5, 5.41) is 4.00. The molecular weight excluding hydrogens is 240 g/mol. The van der Waals surface area contributed by atoms with Crippen molar-refractivity contribution in [2.75, 3.05) is 6.54 Å². The van der Waals surface area contributed by atoms with Crippen LogP contribution in [0.5, 0.6) is 0 Å². The summed E-state index contributed by atoms with van der Waals surface area (Å²) in [4.78, 5) is 11.7. The Balaban J connectivity index is 1.95. The van der Waals surface area contributed by atoms with E-state index in [4.69, 9.17) is 10.2 Å². The Kier molecular flexibility index (Phi) is 4.58. The minimum absolute atomic E-state index is 0.0430. The maximum absolute atomic E-state index is 11.7. The van der Waals surface area contributed by atoms with Gasteiger partial charge in [0.1, 0.15) is 11.3 Å². The molecule has 1 aromatic heterocycles. The maximum atomic E-state index is 11.7. The number of para-hydroxylation sites is 1. The van der Waals surface area contributed by atoms with E-state index in [0.717, 1.165) is 29.6 Å². The summed E-state index contributed by atoms with van der Waals surface area (Å²) in [6.07, 6.45) is 2.23. The number of furan rings is 1. The van der Waals surface area contributed by atoms with Crippen molar-refractivity contribution in [2.45, 2.75) is 32.2 Å². The van der Waals surface area contributed by atoms with Gasteiger partial charge < -0.3 is 15.5 Å². The molecule has 1 heterocycles. The van der Waals surface area contributed by atoms with Gasteiger partial charge >= 0.3 is 0 Å². The number of rotatable bonds is 6. The van der Waals surface area contributed by atoms with Gasteiger partial charge in [-0.25, -0.2) is 0 Å². The lowest BCUT2D eigenvalue weighted by atomic mass is 10.2. The molecule has 3 N–H and O–H groups in total. The van der Waals surface area contributed by atoms with Gasteiger partial charge in [0.05, 0.1) is 6.04 Å². The Bertz CT molecular complexity index is 515. The third kappa shape index (κ3) is 3.58. The predicted molar refractivity (Wildman–Crippen MR) is 75.7 cm³/mol. The molecule has 1 amide bonds. The van der Waals surface area contributed by atoms with Gasteiger partial charge in [-0.1, -0.05) is 18.2 Å². The fourth-order valence-electron chi connectivity index (χ4n) is 2.03. The van der Waals surface area contributed by atoms with Gasteiger partial charge in [0, 0.05) is 11.8 Å². The molecule has 0 radical (unpaired) electrons. The molecule has 4 nitrogen and oxygen atoms in total. The smallest absolute Gasteiger partial charge is 0.220 e. The molecule has 0 aliphatic heterocycles. The van der Waals surface area contributed by atoms with E-state index in [-0.39, 0.29) is 11.9 Å². The number of benzene rings is 1. The first-order chi connectivity index (χ1) is 9.20. The molecule has 0 aliphatic rings. The molecule has 19 heavy (non-hydrogen) atoms. The highest BCUT2D eigenvalue weighted by atomic mass is 16.3. The van der Waals surface area contributed by atoms with Crippen LogP contribution in [0.25, 0.3) is 11.0 Å². The number of hydrogen-bond donors (Lipinski definition) is 2. The highest BCUT2D eigenvalue weighted by Gasteiger charge is 2.13. The molecule has 0 saturated carbocycles. The summed E-state index contributed by atoms with van der Waals surface area (Å²) in [5.41, 5.74) is 6.25. The fourth-order valence-corrected chi connectivity index (χ4v) is 2.03. The van der Waals surface area contributed by atoms with Gasteiger partial charge in [0.2, 0.25) is 5.91 Å². The Morgan fingerprint density at radius 1 is 1.37 bits per heavy atom. The third-order valence-electron chi connectivity index (χ3n) is 3.11. The van der Waals surface area contributed by atoms with E-state index in [9.17, 15) is 4.79 Å². The first kappa shape index (κ1) is 13.6. The Hall–Kier alpha value is -1.81. The number of carbonyl (C=O) groups excluding carboxylic acids is 1. The van der Waals surface area contributed by atoms with Crippen LogP contribution in [0.1, 0.15) is 38.0 Å². The highest BCUT2D eigenvalue weighted by Crippen LogP contribution is 2.23. The molecule has 0 aliphatic carbocycles. The Morgan fingerprint density at radius 2 is 2.16 bits per heavy atom. The Labute approximate surface area is 113 Å². The van der Waals surface area contributed by atoms with Crippen LogP contribution >= 0.6 is 0 Å². The van der Waals surface area contributed by atoms with Crippen molar-refractivity contribution in [3.8, 4) is 0 Å². The lowest BCUT2D eigenvalue weighted by Gasteiger charge is -2.11. The average molecular weight is 260 g/mol. The molecule has 1 aromatic carbocycles. The third-order valence-corrected chi connectivity index (χ3v) is 3.11. The van der Waals surface area contributed by atoms with E-state index in [1.54, 1.807) is 0 Å². The lowest BCUT2D eigenvalue weighted by Crippen LogP contribution is -2.26. The first-order valence-corrected chi connectivity index (χ1v) is 6.68. The van der Waals surface area contributed by atoms with Gasteiger partial charge in [-0.2, -0.15) is 0 Å². The first-order valence-electron chi connectivity index (χ1n) is 6.68. The molecule has 0 saturated heterocycles. The van der Waals surface area contributed by atoms with Crippen molar-refractivity contribution in [3.05, 3.63) is 36.1 Å². The molecule has 2 aromatic rings. The topological polar surface area (TPSA) is 68.3 Å². The largest absolute Gasteiger partial charge is 0.459 e. The van der Waals surface area contributed by atoms with Crippen molar-refractivity contribution in [3.63, 3.8) is 0 Å². The second-order valence-electron chi connectivity index (χ2n) is 4.72. The summed E-state index contributed by atoms with van der Waals surface area (Å²) in [6.45, 7) is 2.56. The van der Waals surface area contributed by atoms with Gasteiger partial charge in [-0.3, -0.25) is 4.79 Å². The van der Waals surface area contributed by atoms with Gasteiger partial charge in [-0.05, 0) is 38.4 Å². The summed E-state index contributed by atoms with van der Waals surface area (Å²) >= 11 is 0. The fraction of sp³-hybridized carbons (Fsp3) is 0.400. The standard InChI is InChI=1S/C15H20N2O2/c1-11(17-15(18)8-4-5-9-16)14-10-12-6-2-3-7-13(12)19-14/h2-3,6-7,10-11H,4-5,8-9,16H2,1H3,(H,17,18). The van der Waals surface area contributed by atoms with Crippen LogP contribution in [-0.4, -0.2) is 12.5 Å². The van der Waals surface area contributed by atoms with Gasteiger partial charge in [0.25, 0.3) is 0 Å². The second kappa shape index (κ2) is 6.38. The minimum atomic E-state index is -0.113. The average Bonchev–Trinajstić information content (AvgIpc) is 2.83. The van der Waals surface area contributed by atoms with Crippen molar-refractivity contribution in [2.24, 2.45) is 5.73 Å². The number of nitrogens with two attached hydrogens (primary N) is 1. The van der Waals surface area contributed by atoms with E-state index < -0.39 is 0 Å². The van der Waals surface area contributed by atoms with Crippen LogP contribution < -0.4 is 11.1 Å². The highest BCUT2D eigenvalue weighted by molar-refractivity contribution is 5.79. The normalized spacial score (nSPS) is 12.5. The zero-order valence-corrected chi connectivity index (χ0v) is 11.2. The summed E-state index contributed by atoms with van der Waals surface area (Å²) in [5.74, 6) is 0.829. The monoisotopic (exact) mass is 260 g/mol. The number of amides is 1. The molecule has 102 valence electrons. The zero-order chi connectivity index (χ0) is 13.7. The maximum Gasteiger partial charge on any atom is 0.220 e. The molecule has 4 heteroatoms. The summed E-state index contributed by atoms with van der Waals surface area (Å²) in [7, 11) is 0.